The average Bonchev–Trinajstić information content (AvgIpc) is 2.69. The van der Waals surface area contributed by atoms with Crippen LogP contribution in [0.2, 0.25) is 0 Å². The van der Waals surface area contributed by atoms with E-state index in [4.69, 9.17) is 5.73 Å². The fraction of sp³-hybridized carbons (Fsp3) is 0.636. The summed E-state index contributed by atoms with van der Waals surface area (Å²) in [6.45, 7) is 3.60. The molecule has 1 aliphatic carbocycles. The van der Waals surface area contributed by atoms with E-state index in [0.29, 0.717) is 18.8 Å². The molecule has 1 heterocycles. The Balaban J connectivity index is 1.55. The Morgan fingerprint density at radius 3 is 2.67 bits per heavy atom. The quantitative estimate of drug-likeness (QED) is 0.836. The molecule has 0 radical (unpaired) electrons. The smallest absolute Gasteiger partial charge is 0.238 e. The standard InChI is InChI=1S/C22H32N4O/c1-17-6-5-9-19(14-17)26-12-10-22(16-23,11-13-26)25-21(27)20(24)15-18-7-3-2-4-8-18/h5-6,9,14,18,20H,2-4,7-8,10-13,15,24H2,1H3,(H,25,27). The summed E-state index contributed by atoms with van der Waals surface area (Å²) in [5.74, 6) is 0.395. The van der Waals surface area contributed by atoms with Crippen LogP contribution in [0.3, 0.4) is 0 Å². The molecule has 2 aliphatic rings. The van der Waals surface area contributed by atoms with Gasteiger partial charge in [0, 0.05) is 31.6 Å². The highest BCUT2D eigenvalue weighted by Crippen LogP contribution is 2.29. The number of nitrogens with one attached hydrogen (secondary N) is 1. The summed E-state index contributed by atoms with van der Waals surface area (Å²) < 4.78 is 0. The number of hydrogen-bond donors (Lipinski definition) is 2. The molecule has 1 aromatic carbocycles. The van der Waals surface area contributed by atoms with Gasteiger partial charge in [0.2, 0.25) is 5.91 Å². The fourth-order valence-electron chi connectivity index (χ4n) is 4.45. The predicted octanol–water partition coefficient (Wildman–Crippen LogP) is 3.27. The van der Waals surface area contributed by atoms with Crippen molar-refractivity contribution in [3.63, 3.8) is 0 Å². The minimum Gasteiger partial charge on any atom is -0.371 e. The highest BCUT2D eigenvalue weighted by atomic mass is 16.2. The zero-order valence-corrected chi connectivity index (χ0v) is 16.4. The molecule has 3 N–H and O–H groups in total. The van der Waals surface area contributed by atoms with Gasteiger partial charge in [-0.1, -0.05) is 44.2 Å². The van der Waals surface area contributed by atoms with Crippen molar-refractivity contribution >= 4 is 11.6 Å². The number of nitrogens with two attached hydrogens (primary N) is 1. The van der Waals surface area contributed by atoms with Gasteiger partial charge in [0.25, 0.3) is 0 Å². The van der Waals surface area contributed by atoms with E-state index in [1.54, 1.807) is 0 Å². The number of anilines is 1. The minimum absolute atomic E-state index is 0.161. The monoisotopic (exact) mass is 368 g/mol. The summed E-state index contributed by atoms with van der Waals surface area (Å²) in [6.07, 6.45) is 8.13. The van der Waals surface area contributed by atoms with Crippen LogP contribution in [0.5, 0.6) is 0 Å². The van der Waals surface area contributed by atoms with Crippen LogP contribution in [-0.2, 0) is 4.79 Å². The second-order valence-corrected chi connectivity index (χ2v) is 8.36. The second-order valence-electron chi connectivity index (χ2n) is 8.36. The molecule has 3 rings (SSSR count). The van der Waals surface area contributed by atoms with Crippen molar-refractivity contribution in [3.8, 4) is 6.07 Å². The summed E-state index contributed by atoms with van der Waals surface area (Å²) in [4.78, 5) is 14.9. The van der Waals surface area contributed by atoms with Gasteiger partial charge in [-0.15, -0.1) is 0 Å². The van der Waals surface area contributed by atoms with Crippen LogP contribution in [0.25, 0.3) is 0 Å². The lowest BCUT2D eigenvalue weighted by molar-refractivity contribution is -0.124. The maximum absolute atomic E-state index is 12.6. The van der Waals surface area contributed by atoms with Crippen LogP contribution in [0, 0.1) is 24.2 Å². The van der Waals surface area contributed by atoms with E-state index in [1.165, 1.54) is 43.4 Å². The van der Waals surface area contributed by atoms with Crippen molar-refractivity contribution < 1.29 is 4.79 Å². The van der Waals surface area contributed by atoms with Crippen LogP contribution in [-0.4, -0.2) is 30.6 Å². The van der Waals surface area contributed by atoms with Crippen LogP contribution in [0.15, 0.2) is 24.3 Å². The molecule has 1 unspecified atom stereocenters. The number of carbonyl (C=O) groups excluding carboxylic acids is 1. The molecule has 1 saturated carbocycles. The van der Waals surface area contributed by atoms with Gasteiger partial charge in [0.15, 0.2) is 0 Å². The molecule has 1 aromatic rings. The highest BCUT2D eigenvalue weighted by molar-refractivity contribution is 5.82. The van der Waals surface area contributed by atoms with E-state index in [-0.39, 0.29) is 5.91 Å². The lowest BCUT2D eigenvalue weighted by atomic mass is 9.84. The number of hydrogen-bond acceptors (Lipinski definition) is 4. The number of carbonyl (C=O) groups is 1. The molecule has 5 heteroatoms. The van der Waals surface area contributed by atoms with E-state index in [9.17, 15) is 10.1 Å². The minimum atomic E-state index is -0.790. The Kier molecular flexibility index (Phi) is 6.38. The number of aryl methyl sites for hydroxylation is 1. The molecular weight excluding hydrogens is 336 g/mol. The number of piperidine rings is 1. The van der Waals surface area contributed by atoms with Crippen molar-refractivity contribution in [1.29, 1.82) is 5.26 Å². The fourth-order valence-corrected chi connectivity index (χ4v) is 4.45. The summed E-state index contributed by atoms with van der Waals surface area (Å²) >= 11 is 0. The van der Waals surface area contributed by atoms with Crippen molar-refractivity contribution in [1.82, 2.24) is 5.32 Å². The van der Waals surface area contributed by atoms with Crippen molar-refractivity contribution in [2.75, 3.05) is 18.0 Å². The van der Waals surface area contributed by atoms with Gasteiger partial charge in [-0.2, -0.15) is 5.26 Å². The summed E-state index contributed by atoms with van der Waals surface area (Å²) in [5.41, 5.74) is 7.80. The molecule has 27 heavy (non-hydrogen) atoms. The molecule has 1 aliphatic heterocycles. The second kappa shape index (κ2) is 8.75. The Morgan fingerprint density at radius 1 is 1.33 bits per heavy atom. The van der Waals surface area contributed by atoms with E-state index < -0.39 is 11.6 Å². The summed E-state index contributed by atoms with van der Waals surface area (Å²) in [7, 11) is 0. The number of nitriles is 1. The van der Waals surface area contributed by atoms with Crippen LogP contribution in [0.1, 0.15) is 56.9 Å². The Morgan fingerprint density at radius 2 is 2.04 bits per heavy atom. The molecule has 146 valence electrons. The zero-order valence-electron chi connectivity index (χ0n) is 16.4. The van der Waals surface area contributed by atoms with Gasteiger partial charge in [0.1, 0.15) is 5.54 Å². The Hall–Kier alpha value is -2.06. The first-order valence-electron chi connectivity index (χ1n) is 10.3. The van der Waals surface area contributed by atoms with Crippen LogP contribution >= 0.6 is 0 Å². The largest absolute Gasteiger partial charge is 0.371 e. The van der Waals surface area contributed by atoms with Gasteiger partial charge >= 0.3 is 0 Å². The summed E-state index contributed by atoms with van der Waals surface area (Å²) in [6, 6.07) is 10.3. The Bertz CT molecular complexity index is 682. The van der Waals surface area contributed by atoms with Crippen molar-refractivity contribution in [2.24, 2.45) is 11.7 Å². The molecule has 5 nitrogen and oxygen atoms in total. The number of rotatable bonds is 5. The molecule has 0 spiro atoms. The maximum atomic E-state index is 12.6. The lowest BCUT2D eigenvalue weighted by Crippen LogP contribution is -2.58. The molecule has 2 fully saturated rings. The van der Waals surface area contributed by atoms with E-state index in [2.05, 4.69) is 47.5 Å². The number of amides is 1. The third-order valence-corrected chi connectivity index (χ3v) is 6.21. The van der Waals surface area contributed by atoms with Gasteiger partial charge in [-0.25, -0.2) is 0 Å². The molecule has 1 amide bonds. The molecule has 1 atom stereocenters. The van der Waals surface area contributed by atoms with E-state index in [1.807, 2.05) is 0 Å². The first-order chi connectivity index (χ1) is 13.0. The maximum Gasteiger partial charge on any atom is 0.238 e. The topological polar surface area (TPSA) is 82.2 Å². The molecule has 1 saturated heterocycles. The van der Waals surface area contributed by atoms with Gasteiger partial charge in [-0.05, 0) is 37.0 Å². The predicted molar refractivity (Wildman–Crippen MR) is 108 cm³/mol. The molecule has 0 bridgehead atoms. The third kappa shape index (κ3) is 5.01. The van der Waals surface area contributed by atoms with Crippen molar-refractivity contribution in [2.45, 2.75) is 69.9 Å². The van der Waals surface area contributed by atoms with Gasteiger partial charge < -0.3 is 16.0 Å². The van der Waals surface area contributed by atoms with E-state index in [0.717, 1.165) is 19.5 Å². The van der Waals surface area contributed by atoms with Crippen molar-refractivity contribution in [3.05, 3.63) is 29.8 Å². The van der Waals surface area contributed by atoms with Gasteiger partial charge in [0.05, 0.1) is 12.1 Å². The van der Waals surface area contributed by atoms with Crippen LogP contribution < -0.4 is 16.0 Å². The normalized spacial score (nSPS) is 21.3. The first kappa shape index (κ1) is 19.7. The van der Waals surface area contributed by atoms with E-state index >= 15 is 0 Å². The zero-order chi connectivity index (χ0) is 19.3. The first-order valence-corrected chi connectivity index (χ1v) is 10.3. The number of nitrogens with zero attached hydrogens (tertiary/aromatic N) is 2. The highest BCUT2D eigenvalue weighted by Gasteiger charge is 2.37. The Labute approximate surface area is 162 Å². The molecular formula is C22H32N4O. The van der Waals surface area contributed by atoms with Crippen LogP contribution in [0.4, 0.5) is 5.69 Å². The SMILES string of the molecule is Cc1cccc(N2CCC(C#N)(NC(=O)C(N)CC3CCCCC3)CC2)c1. The average molecular weight is 369 g/mol. The summed E-state index contributed by atoms with van der Waals surface area (Å²) in [5, 5.41) is 12.8. The molecule has 0 aromatic heterocycles. The lowest BCUT2D eigenvalue weighted by Gasteiger charge is -2.39. The number of benzene rings is 1. The van der Waals surface area contributed by atoms with Gasteiger partial charge in [-0.3, -0.25) is 4.79 Å². The third-order valence-electron chi connectivity index (χ3n) is 6.21.